The number of nitrogens with one attached hydrogen (secondary N) is 2. The van der Waals surface area contributed by atoms with E-state index in [1.165, 1.54) is 0 Å². The molecule has 1 rings (SSSR count). The molecule has 0 radical (unpaired) electrons. The third-order valence-electron chi connectivity index (χ3n) is 2.74. The molecule has 0 heterocycles. The Kier molecular flexibility index (Phi) is 7.83. The van der Waals surface area contributed by atoms with E-state index in [0.29, 0.717) is 30.3 Å². The van der Waals surface area contributed by atoms with Crippen LogP contribution in [-0.4, -0.2) is 34.2 Å². The number of halogens is 1. The van der Waals surface area contributed by atoms with Gasteiger partial charge in [-0.25, -0.2) is 13.1 Å². The summed E-state index contributed by atoms with van der Waals surface area (Å²) in [4.78, 5) is 0.252. The van der Waals surface area contributed by atoms with Crippen molar-refractivity contribution in [3.63, 3.8) is 0 Å². The van der Waals surface area contributed by atoms with Crippen molar-refractivity contribution < 1.29 is 13.2 Å². The van der Waals surface area contributed by atoms with Crippen molar-refractivity contribution in [1.29, 1.82) is 0 Å². The first-order valence-corrected chi connectivity index (χ1v) is 9.23. The van der Waals surface area contributed by atoms with Crippen LogP contribution in [-0.2, 0) is 21.3 Å². The molecule has 7 heteroatoms. The van der Waals surface area contributed by atoms with Gasteiger partial charge in [0.25, 0.3) is 0 Å². The van der Waals surface area contributed by atoms with E-state index in [9.17, 15) is 8.42 Å². The average molecular weight is 379 g/mol. The fourth-order valence-electron chi connectivity index (χ4n) is 1.66. The van der Waals surface area contributed by atoms with Crippen LogP contribution in [0.1, 0.15) is 26.3 Å². The first kappa shape index (κ1) is 18.6. The van der Waals surface area contributed by atoms with Crippen LogP contribution >= 0.6 is 15.9 Å². The van der Waals surface area contributed by atoms with Gasteiger partial charge in [0.1, 0.15) is 0 Å². The van der Waals surface area contributed by atoms with Gasteiger partial charge in [0.05, 0.1) is 11.5 Å². The Morgan fingerprint density at radius 1 is 1.33 bits per heavy atom. The van der Waals surface area contributed by atoms with Crippen molar-refractivity contribution in [2.24, 2.45) is 0 Å². The molecule has 0 spiro atoms. The molecule has 0 aliphatic heterocycles. The highest BCUT2D eigenvalue weighted by Crippen LogP contribution is 2.23. The molecule has 0 aromatic heterocycles. The minimum Gasteiger partial charge on any atom is -0.380 e. The standard InChI is InChI=1S/C14H23BrN2O3S/c1-4-20-8-7-17-21(18,19)14-9-12(5-6-13(14)15)10-16-11(2)3/h5-6,9,11,16-17H,4,7-8,10H2,1-3H3. The zero-order valence-electron chi connectivity index (χ0n) is 12.6. The lowest BCUT2D eigenvalue weighted by atomic mass is 10.2. The third kappa shape index (κ3) is 6.44. The number of sulfonamides is 1. The first-order chi connectivity index (χ1) is 9.86. The van der Waals surface area contributed by atoms with Crippen molar-refractivity contribution in [3.8, 4) is 0 Å². The molecule has 0 bridgehead atoms. The summed E-state index contributed by atoms with van der Waals surface area (Å²) in [6.45, 7) is 7.79. The summed E-state index contributed by atoms with van der Waals surface area (Å²) in [7, 11) is -3.54. The Hall–Kier alpha value is -0.470. The summed E-state index contributed by atoms with van der Waals surface area (Å²) in [5.74, 6) is 0. The molecule has 120 valence electrons. The highest BCUT2D eigenvalue weighted by molar-refractivity contribution is 9.10. The van der Waals surface area contributed by atoms with Gasteiger partial charge >= 0.3 is 0 Å². The molecular formula is C14H23BrN2O3S. The molecule has 1 aromatic carbocycles. The summed E-state index contributed by atoms with van der Waals surface area (Å²) in [5, 5.41) is 3.27. The lowest BCUT2D eigenvalue weighted by Gasteiger charge is -2.12. The fraction of sp³-hybridized carbons (Fsp3) is 0.571. The van der Waals surface area contributed by atoms with Crippen molar-refractivity contribution in [2.45, 2.75) is 38.3 Å². The number of benzene rings is 1. The predicted octanol–water partition coefficient (Wildman–Crippen LogP) is 2.26. The highest BCUT2D eigenvalue weighted by atomic mass is 79.9. The fourth-order valence-corrected chi connectivity index (χ4v) is 3.68. The molecule has 0 amide bonds. The lowest BCUT2D eigenvalue weighted by Crippen LogP contribution is -2.28. The second-order valence-corrected chi connectivity index (χ2v) is 7.48. The molecule has 5 nitrogen and oxygen atoms in total. The first-order valence-electron chi connectivity index (χ1n) is 6.96. The number of rotatable bonds is 9. The number of ether oxygens (including phenoxy) is 1. The van der Waals surface area contributed by atoms with E-state index in [-0.39, 0.29) is 11.4 Å². The minimum absolute atomic E-state index is 0.252. The molecule has 2 N–H and O–H groups in total. The molecule has 1 aromatic rings. The molecule has 0 aliphatic rings. The second kappa shape index (κ2) is 8.85. The van der Waals surface area contributed by atoms with Crippen molar-refractivity contribution in [3.05, 3.63) is 28.2 Å². The predicted molar refractivity (Wildman–Crippen MR) is 87.8 cm³/mol. The van der Waals surface area contributed by atoms with Gasteiger partial charge in [-0.05, 0) is 40.5 Å². The van der Waals surface area contributed by atoms with Gasteiger partial charge in [-0.3, -0.25) is 0 Å². The van der Waals surface area contributed by atoms with Crippen molar-refractivity contribution in [2.75, 3.05) is 19.8 Å². The van der Waals surface area contributed by atoms with Gasteiger partial charge in [0.2, 0.25) is 10.0 Å². The Labute approximate surface area is 135 Å². The van der Waals surface area contributed by atoms with Crippen LogP contribution < -0.4 is 10.0 Å². The van der Waals surface area contributed by atoms with Gasteiger partial charge in [-0.2, -0.15) is 0 Å². The van der Waals surface area contributed by atoms with Gasteiger partial charge in [-0.1, -0.05) is 19.9 Å². The average Bonchev–Trinajstić information content (AvgIpc) is 2.42. The van der Waals surface area contributed by atoms with Crippen LogP contribution in [0.2, 0.25) is 0 Å². The molecule has 21 heavy (non-hydrogen) atoms. The maximum Gasteiger partial charge on any atom is 0.241 e. The summed E-state index contributed by atoms with van der Waals surface area (Å²) < 4.78 is 32.8. The molecule has 0 fully saturated rings. The van der Waals surface area contributed by atoms with Crippen molar-refractivity contribution in [1.82, 2.24) is 10.0 Å². The van der Waals surface area contributed by atoms with Crippen LogP contribution in [0.15, 0.2) is 27.6 Å². The van der Waals surface area contributed by atoms with Gasteiger partial charge in [0, 0.05) is 30.2 Å². The normalized spacial score (nSPS) is 12.0. The number of hydrogen-bond acceptors (Lipinski definition) is 4. The smallest absolute Gasteiger partial charge is 0.241 e. The van der Waals surface area contributed by atoms with E-state index < -0.39 is 10.0 Å². The maximum atomic E-state index is 12.3. The van der Waals surface area contributed by atoms with Gasteiger partial charge in [0.15, 0.2) is 0 Å². The van der Waals surface area contributed by atoms with Gasteiger partial charge < -0.3 is 10.1 Å². The Balaban J connectivity index is 2.81. The second-order valence-electron chi connectivity index (χ2n) is 4.90. The molecule has 0 atom stereocenters. The van der Waals surface area contributed by atoms with E-state index in [1.807, 2.05) is 26.8 Å². The summed E-state index contributed by atoms with van der Waals surface area (Å²) in [5.41, 5.74) is 0.928. The zero-order valence-corrected chi connectivity index (χ0v) is 15.1. The number of hydrogen-bond donors (Lipinski definition) is 2. The Morgan fingerprint density at radius 2 is 2.05 bits per heavy atom. The topological polar surface area (TPSA) is 67.4 Å². The molecule has 0 unspecified atom stereocenters. The van der Waals surface area contributed by atoms with E-state index in [0.717, 1.165) is 5.56 Å². The van der Waals surface area contributed by atoms with Crippen LogP contribution in [0.25, 0.3) is 0 Å². The Bertz CT molecular complexity index is 547. The van der Waals surface area contributed by atoms with Crippen LogP contribution in [0.5, 0.6) is 0 Å². The summed E-state index contributed by atoms with van der Waals surface area (Å²) in [6, 6.07) is 5.69. The van der Waals surface area contributed by atoms with E-state index in [4.69, 9.17) is 4.74 Å². The lowest BCUT2D eigenvalue weighted by molar-refractivity contribution is 0.153. The molecule has 0 aliphatic carbocycles. The highest BCUT2D eigenvalue weighted by Gasteiger charge is 2.17. The Morgan fingerprint density at radius 3 is 2.67 bits per heavy atom. The molecule has 0 saturated heterocycles. The summed E-state index contributed by atoms with van der Waals surface area (Å²) >= 11 is 3.30. The quantitative estimate of drug-likeness (QED) is 0.646. The van der Waals surface area contributed by atoms with E-state index in [1.54, 1.807) is 12.1 Å². The minimum atomic E-state index is -3.54. The van der Waals surface area contributed by atoms with Crippen LogP contribution in [0.4, 0.5) is 0 Å². The molecule has 0 saturated carbocycles. The zero-order chi connectivity index (χ0) is 15.9. The van der Waals surface area contributed by atoms with E-state index in [2.05, 4.69) is 26.0 Å². The molecular weight excluding hydrogens is 356 g/mol. The SMILES string of the molecule is CCOCCNS(=O)(=O)c1cc(CNC(C)C)ccc1Br. The van der Waals surface area contributed by atoms with Crippen LogP contribution in [0, 0.1) is 0 Å². The van der Waals surface area contributed by atoms with Gasteiger partial charge in [-0.15, -0.1) is 0 Å². The van der Waals surface area contributed by atoms with Crippen molar-refractivity contribution >= 4 is 26.0 Å². The van der Waals surface area contributed by atoms with Crippen LogP contribution in [0.3, 0.4) is 0 Å². The monoisotopic (exact) mass is 378 g/mol. The summed E-state index contributed by atoms with van der Waals surface area (Å²) in [6.07, 6.45) is 0. The third-order valence-corrected chi connectivity index (χ3v) is 5.20. The maximum absolute atomic E-state index is 12.3. The largest absolute Gasteiger partial charge is 0.380 e. The van der Waals surface area contributed by atoms with E-state index >= 15 is 0 Å².